The lowest BCUT2D eigenvalue weighted by molar-refractivity contribution is -0.122. The first-order chi connectivity index (χ1) is 14.9. The molecule has 1 fully saturated rings. The highest BCUT2D eigenvalue weighted by molar-refractivity contribution is 6.24. The number of nitrogens with zero attached hydrogens (tertiary/aromatic N) is 1. The van der Waals surface area contributed by atoms with Gasteiger partial charge < -0.3 is 4.74 Å². The summed E-state index contributed by atoms with van der Waals surface area (Å²) in [6.07, 6.45) is 4.86. The number of benzene rings is 2. The number of esters is 1. The Hall–Kier alpha value is -3.54. The van der Waals surface area contributed by atoms with Crippen LogP contribution in [0.2, 0.25) is 0 Å². The summed E-state index contributed by atoms with van der Waals surface area (Å²) in [7, 11) is 0. The van der Waals surface area contributed by atoms with E-state index in [1.165, 1.54) is 6.07 Å². The van der Waals surface area contributed by atoms with Crippen molar-refractivity contribution in [2.45, 2.75) is 26.7 Å². The van der Waals surface area contributed by atoms with Gasteiger partial charge in [-0.25, -0.2) is 9.69 Å². The number of imide groups is 1. The summed E-state index contributed by atoms with van der Waals surface area (Å²) in [6.45, 7) is 3.44. The third-order valence-corrected chi connectivity index (χ3v) is 6.04. The van der Waals surface area contributed by atoms with E-state index in [-0.39, 0.29) is 28.8 Å². The van der Waals surface area contributed by atoms with Crippen LogP contribution in [0.3, 0.4) is 0 Å². The molecule has 31 heavy (non-hydrogen) atoms. The van der Waals surface area contributed by atoms with Crippen LogP contribution in [0.5, 0.6) is 0 Å². The van der Waals surface area contributed by atoms with Gasteiger partial charge in [0, 0.05) is 5.56 Å². The van der Waals surface area contributed by atoms with Gasteiger partial charge >= 0.3 is 5.97 Å². The molecule has 0 radical (unpaired) electrons. The fourth-order valence-electron chi connectivity index (χ4n) is 4.09. The maximum absolute atomic E-state index is 12.9. The zero-order valence-corrected chi connectivity index (χ0v) is 17.5. The third kappa shape index (κ3) is 3.81. The topological polar surface area (TPSA) is 80.8 Å². The van der Waals surface area contributed by atoms with Gasteiger partial charge in [0.15, 0.2) is 12.4 Å². The lowest BCUT2D eigenvalue weighted by Gasteiger charge is -2.18. The van der Waals surface area contributed by atoms with Gasteiger partial charge in [-0.2, -0.15) is 0 Å². The average molecular weight is 417 g/mol. The second-order valence-electron chi connectivity index (χ2n) is 7.98. The molecule has 2 aliphatic rings. The zero-order chi connectivity index (χ0) is 22.1. The number of para-hydroxylation sites is 1. The van der Waals surface area contributed by atoms with Crippen molar-refractivity contribution in [3.63, 3.8) is 0 Å². The molecular formula is C25H23NO5. The highest BCUT2D eigenvalue weighted by Gasteiger charge is 2.48. The lowest BCUT2D eigenvalue weighted by atomic mass is 9.85. The van der Waals surface area contributed by atoms with Gasteiger partial charge in [-0.05, 0) is 56.0 Å². The first kappa shape index (κ1) is 20.7. The van der Waals surface area contributed by atoms with Gasteiger partial charge in [0.1, 0.15) is 0 Å². The monoisotopic (exact) mass is 417 g/mol. The number of ketones is 1. The summed E-state index contributed by atoms with van der Waals surface area (Å²) >= 11 is 0. The van der Waals surface area contributed by atoms with Crippen molar-refractivity contribution in [1.82, 2.24) is 0 Å². The number of ether oxygens (including phenoxy) is 1. The summed E-state index contributed by atoms with van der Waals surface area (Å²) in [5, 5.41) is 0. The maximum atomic E-state index is 12.9. The van der Waals surface area contributed by atoms with Crippen LogP contribution in [-0.2, 0) is 14.3 Å². The molecule has 1 aliphatic heterocycles. The Morgan fingerprint density at radius 3 is 2.23 bits per heavy atom. The third-order valence-electron chi connectivity index (χ3n) is 6.04. The van der Waals surface area contributed by atoms with E-state index >= 15 is 0 Å². The lowest BCUT2D eigenvalue weighted by Crippen LogP contribution is -2.32. The molecule has 0 bridgehead atoms. The number of carbonyl (C=O) groups excluding carboxylic acids is 4. The van der Waals surface area contributed by atoms with Crippen LogP contribution in [0, 0.1) is 25.7 Å². The number of fused-ring (bicyclic) bond motifs is 1. The molecular weight excluding hydrogens is 394 g/mol. The number of rotatable bonds is 5. The maximum Gasteiger partial charge on any atom is 0.340 e. The van der Waals surface area contributed by atoms with E-state index in [1.807, 2.05) is 32.1 Å². The molecule has 6 nitrogen and oxygen atoms in total. The summed E-state index contributed by atoms with van der Waals surface area (Å²) in [5.41, 5.74) is 2.80. The summed E-state index contributed by atoms with van der Waals surface area (Å²) < 4.78 is 5.25. The Morgan fingerprint density at radius 2 is 1.58 bits per heavy atom. The Morgan fingerprint density at radius 1 is 0.935 bits per heavy atom. The van der Waals surface area contributed by atoms with E-state index in [1.54, 1.807) is 30.3 Å². The van der Waals surface area contributed by atoms with Gasteiger partial charge in [-0.3, -0.25) is 14.4 Å². The van der Waals surface area contributed by atoms with Crippen LogP contribution in [0.25, 0.3) is 0 Å². The van der Waals surface area contributed by atoms with Gasteiger partial charge in [-0.1, -0.05) is 36.4 Å². The molecule has 2 unspecified atom stereocenters. The van der Waals surface area contributed by atoms with Crippen molar-refractivity contribution < 1.29 is 23.9 Å². The van der Waals surface area contributed by atoms with Crippen molar-refractivity contribution >= 4 is 29.3 Å². The zero-order valence-electron chi connectivity index (χ0n) is 17.5. The van der Waals surface area contributed by atoms with Gasteiger partial charge in [-0.15, -0.1) is 0 Å². The highest BCUT2D eigenvalue weighted by atomic mass is 16.5. The molecule has 0 saturated carbocycles. The predicted molar refractivity (Wildman–Crippen MR) is 115 cm³/mol. The molecule has 0 spiro atoms. The highest BCUT2D eigenvalue weighted by Crippen LogP contribution is 2.38. The van der Waals surface area contributed by atoms with E-state index in [9.17, 15) is 19.2 Å². The SMILES string of the molecule is Cc1ccc(C(=O)COC(=O)c2ccccc2N2C(=O)C3CC=CCC3C2=O)cc1C. The minimum atomic E-state index is -0.749. The number of hydrogen-bond acceptors (Lipinski definition) is 5. The largest absolute Gasteiger partial charge is 0.454 e. The number of aryl methyl sites for hydroxylation is 2. The van der Waals surface area contributed by atoms with E-state index in [2.05, 4.69) is 0 Å². The molecule has 1 saturated heterocycles. The summed E-state index contributed by atoms with van der Waals surface area (Å²) in [6, 6.07) is 11.7. The van der Waals surface area contributed by atoms with E-state index in [4.69, 9.17) is 4.74 Å². The Kier molecular flexibility index (Phi) is 5.55. The number of amides is 2. The molecule has 1 heterocycles. The van der Waals surface area contributed by atoms with Crippen molar-refractivity contribution in [2.24, 2.45) is 11.8 Å². The van der Waals surface area contributed by atoms with Crippen LogP contribution in [0.4, 0.5) is 5.69 Å². The molecule has 0 N–H and O–H groups in total. The fourth-order valence-corrected chi connectivity index (χ4v) is 4.09. The van der Waals surface area contributed by atoms with Crippen LogP contribution in [0.15, 0.2) is 54.6 Å². The minimum Gasteiger partial charge on any atom is -0.454 e. The van der Waals surface area contributed by atoms with E-state index in [0.717, 1.165) is 16.0 Å². The molecule has 158 valence electrons. The van der Waals surface area contributed by atoms with Crippen molar-refractivity contribution in [2.75, 3.05) is 11.5 Å². The van der Waals surface area contributed by atoms with Crippen molar-refractivity contribution in [3.8, 4) is 0 Å². The second-order valence-corrected chi connectivity index (χ2v) is 7.98. The number of carbonyl (C=O) groups is 4. The Bertz CT molecular complexity index is 1090. The summed E-state index contributed by atoms with van der Waals surface area (Å²) in [5.74, 6) is -2.46. The molecule has 6 heteroatoms. The van der Waals surface area contributed by atoms with E-state index < -0.39 is 24.4 Å². The van der Waals surface area contributed by atoms with E-state index in [0.29, 0.717) is 18.4 Å². The Balaban J connectivity index is 1.52. The molecule has 1 aliphatic carbocycles. The standard InChI is InChI=1S/C25H23NO5/c1-15-11-12-17(13-16(15)2)22(27)14-31-25(30)20-9-5-6-10-21(20)26-23(28)18-7-3-4-8-19(18)24(26)29/h3-6,9-13,18-19H,7-8,14H2,1-2H3. The quantitative estimate of drug-likeness (QED) is 0.320. The fraction of sp³-hybridized carbons (Fsp3) is 0.280. The molecule has 2 aromatic carbocycles. The van der Waals surface area contributed by atoms with Crippen molar-refractivity contribution in [1.29, 1.82) is 0 Å². The number of Topliss-reactive ketones (excluding diaryl/α,β-unsaturated/α-hetero) is 1. The second kappa shape index (κ2) is 8.30. The molecule has 2 amide bonds. The van der Waals surface area contributed by atoms with Crippen LogP contribution in [-0.4, -0.2) is 30.2 Å². The first-order valence-electron chi connectivity index (χ1n) is 10.3. The smallest absolute Gasteiger partial charge is 0.340 e. The van der Waals surface area contributed by atoms with Crippen LogP contribution in [0.1, 0.15) is 44.7 Å². The minimum absolute atomic E-state index is 0.0868. The Labute approximate surface area is 180 Å². The normalized spacial score (nSPS) is 20.0. The summed E-state index contributed by atoms with van der Waals surface area (Å²) in [4.78, 5) is 52.1. The van der Waals surface area contributed by atoms with Gasteiger partial charge in [0.2, 0.25) is 11.8 Å². The number of allylic oxidation sites excluding steroid dienone is 2. The molecule has 4 rings (SSSR count). The molecule has 0 aromatic heterocycles. The van der Waals surface area contributed by atoms with Crippen LogP contribution >= 0.6 is 0 Å². The van der Waals surface area contributed by atoms with Gasteiger partial charge in [0.25, 0.3) is 0 Å². The number of anilines is 1. The number of hydrogen-bond donors (Lipinski definition) is 0. The molecule has 2 aromatic rings. The predicted octanol–water partition coefficient (Wildman–Crippen LogP) is 3.80. The average Bonchev–Trinajstić information content (AvgIpc) is 3.04. The van der Waals surface area contributed by atoms with Gasteiger partial charge in [0.05, 0.1) is 23.1 Å². The van der Waals surface area contributed by atoms with Crippen LogP contribution < -0.4 is 4.90 Å². The molecule has 2 atom stereocenters. The van der Waals surface area contributed by atoms with Crippen molar-refractivity contribution in [3.05, 3.63) is 76.9 Å². The first-order valence-corrected chi connectivity index (χ1v) is 10.3.